The fourth-order valence-corrected chi connectivity index (χ4v) is 2.53. The molecule has 2 aromatic rings. The third kappa shape index (κ3) is 2.91. The van der Waals surface area contributed by atoms with Crippen molar-refractivity contribution in [3.05, 3.63) is 35.9 Å². The first-order valence-electron chi connectivity index (χ1n) is 5.38. The van der Waals surface area contributed by atoms with Crippen molar-refractivity contribution in [2.24, 2.45) is 7.05 Å². The minimum atomic E-state index is -4.18. The molecule has 0 aliphatic rings. The van der Waals surface area contributed by atoms with Gasteiger partial charge in [-0.3, -0.25) is 4.68 Å². The molecule has 20 heavy (non-hydrogen) atoms. The van der Waals surface area contributed by atoms with E-state index < -0.39 is 32.2 Å². The standard InChI is InChI=1S/C10H11F2N5O2S/c1-17-5-14-10(16-17)4-15-20(18,19)9-3-8(13)6(11)2-7(9)12/h2-3,5,15H,4,13H2,1H3. The zero-order valence-electron chi connectivity index (χ0n) is 10.3. The Labute approximate surface area is 113 Å². The van der Waals surface area contributed by atoms with Gasteiger partial charge in [-0.2, -0.15) is 5.10 Å². The van der Waals surface area contributed by atoms with Crippen molar-refractivity contribution in [2.45, 2.75) is 11.4 Å². The highest BCUT2D eigenvalue weighted by Crippen LogP contribution is 2.20. The fourth-order valence-electron chi connectivity index (χ4n) is 1.45. The molecule has 1 aromatic heterocycles. The quantitative estimate of drug-likeness (QED) is 0.783. The van der Waals surface area contributed by atoms with Crippen LogP contribution in [0.5, 0.6) is 0 Å². The Hall–Kier alpha value is -2.07. The lowest BCUT2D eigenvalue weighted by molar-refractivity contribution is 0.543. The normalized spacial score (nSPS) is 11.8. The summed E-state index contributed by atoms with van der Waals surface area (Å²) in [7, 11) is -2.56. The molecule has 0 radical (unpaired) electrons. The number of anilines is 1. The van der Waals surface area contributed by atoms with Gasteiger partial charge in [0.1, 0.15) is 22.9 Å². The van der Waals surface area contributed by atoms with Crippen LogP contribution in [0, 0.1) is 11.6 Å². The van der Waals surface area contributed by atoms with Crippen LogP contribution in [0.25, 0.3) is 0 Å². The van der Waals surface area contributed by atoms with Gasteiger partial charge in [0.05, 0.1) is 12.2 Å². The molecule has 108 valence electrons. The Bertz CT molecular complexity index is 744. The molecule has 1 aromatic carbocycles. The van der Waals surface area contributed by atoms with E-state index >= 15 is 0 Å². The Balaban J connectivity index is 2.24. The van der Waals surface area contributed by atoms with Crippen LogP contribution in [0.4, 0.5) is 14.5 Å². The number of nitrogen functional groups attached to an aromatic ring is 1. The summed E-state index contributed by atoms with van der Waals surface area (Å²) in [6.45, 7) is -0.222. The van der Waals surface area contributed by atoms with Gasteiger partial charge >= 0.3 is 0 Å². The number of aromatic nitrogens is 3. The SMILES string of the molecule is Cn1cnc(CNS(=O)(=O)c2cc(N)c(F)cc2F)n1. The van der Waals surface area contributed by atoms with E-state index in [1.807, 2.05) is 0 Å². The lowest BCUT2D eigenvalue weighted by Crippen LogP contribution is -2.25. The number of hydrogen-bond acceptors (Lipinski definition) is 5. The Morgan fingerprint density at radius 2 is 2.05 bits per heavy atom. The van der Waals surface area contributed by atoms with Crippen molar-refractivity contribution in [2.75, 3.05) is 5.73 Å². The molecule has 0 aliphatic heterocycles. The number of hydrogen-bond donors (Lipinski definition) is 2. The summed E-state index contributed by atoms with van der Waals surface area (Å²) in [5, 5.41) is 3.86. The predicted molar refractivity (Wildman–Crippen MR) is 65.8 cm³/mol. The summed E-state index contributed by atoms with van der Waals surface area (Å²) in [4.78, 5) is 3.08. The number of halogens is 2. The number of nitrogens with one attached hydrogen (secondary N) is 1. The van der Waals surface area contributed by atoms with Crippen molar-refractivity contribution in [3.8, 4) is 0 Å². The van der Waals surface area contributed by atoms with Gasteiger partial charge in [-0.15, -0.1) is 0 Å². The molecule has 2 rings (SSSR count). The summed E-state index contributed by atoms with van der Waals surface area (Å²) in [6, 6.07) is 1.14. The minimum absolute atomic E-state index is 0.214. The van der Waals surface area contributed by atoms with Gasteiger partial charge in [-0.1, -0.05) is 0 Å². The van der Waals surface area contributed by atoms with Gasteiger partial charge in [0, 0.05) is 13.1 Å². The number of aryl methyl sites for hydroxylation is 1. The minimum Gasteiger partial charge on any atom is -0.396 e. The maximum Gasteiger partial charge on any atom is 0.243 e. The monoisotopic (exact) mass is 303 g/mol. The first-order chi connectivity index (χ1) is 9.29. The van der Waals surface area contributed by atoms with Crippen LogP contribution in [0.2, 0.25) is 0 Å². The average molecular weight is 303 g/mol. The highest BCUT2D eigenvalue weighted by molar-refractivity contribution is 7.89. The zero-order chi connectivity index (χ0) is 14.9. The number of nitrogens with two attached hydrogens (primary N) is 1. The molecular formula is C10H11F2N5O2S. The van der Waals surface area contributed by atoms with Gasteiger partial charge in [-0.25, -0.2) is 26.9 Å². The summed E-state index contributed by atoms with van der Waals surface area (Å²) in [6.07, 6.45) is 1.39. The van der Waals surface area contributed by atoms with Crippen molar-refractivity contribution < 1.29 is 17.2 Å². The molecule has 3 N–H and O–H groups in total. The number of rotatable bonds is 4. The summed E-state index contributed by atoms with van der Waals surface area (Å²) in [5.41, 5.74) is 4.78. The second kappa shape index (κ2) is 5.13. The van der Waals surface area contributed by atoms with E-state index in [1.54, 1.807) is 7.05 Å². The van der Waals surface area contributed by atoms with Crippen molar-refractivity contribution in [1.29, 1.82) is 0 Å². The van der Waals surface area contributed by atoms with Crippen LogP contribution in [0.3, 0.4) is 0 Å². The molecule has 0 atom stereocenters. The van der Waals surface area contributed by atoms with E-state index in [-0.39, 0.29) is 12.4 Å². The lowest BCUT2D eigenvalue weighted by atomic mass is 10.3. The van der Waals surface area contributed by atoms with Crippen LogP contribution in [0.15, 0.2) is 23.4 Å². The van der Waals surface area contributed by atoms with Gasteiger partial charge in [0.2, 0.25) is 10.0 Å². The molecule has 0 bridgehead atoms. The lowest BCUT2D eigenvalue weighted by Gasteiger charge is -2.07. The predicted octanol–water partition coefficient (Wildman–Crippen LogP) is 0.154. The van der Waals surface area contributed by atoms with E-state index in [4.69, 9.17) is 5.73 Å². The molecule has 0 saturated carbocycles. The third-order valence-corrected chi connectivity index (χ3v) is 3.82. The number of benzene rings is 1. The van der Waals surface area contributed by atoms with Crippen LogP contribution >= 0.6 is 0 Å². The van der Waals surface area contributed by atoms with E-state index in [9.17, 15) is 17.2 Å². The van der Waals surface area contributed by atoms with Gasteiger partial charge in [0.25, 0.3) is 0 Å². The molecule has 0 amide bonds. The van der Waals surface area contributed by atoms with Gasteiger partial charge < -0.3 is 5.73 Å². The fraction of sp³-hybridized carbons (Fsp3) is 0.200. The number of nitrogens with zero attached hydrogens (tertiary/aromatic N) is 3. The highest BCUT2D eigenvalue weighted by atomic mass is 32.2. The van der Waals surface area contributed by atoms with Gasteiger partial charge in [0.15, 0.2) is 5.82 Å². The topological polar surface area (TPSA) is 103 Å². The smallest absolute Gasteiger partial charge is 0.243 e. The average Bonchev–Trinajstić information content (AvgIpc) is 2.77. The summed E-state index contributed by atoms with van der Waals surface area (Å²) < 4.78 is 53.8. The Morgan fingerprint density at radius 1 is 1.35 bits per heavy atom. The maximum absolute atomic E-state index is 13.5. The molecule has 7 nitrogen and oxygen atoms in total. The van der Waals surface area contributed by atoms with Crippen LogP contribution in [-0.4, -0.2) is 23.2 Å². The Kier molecular flexibility index (Phi) is 3.68. The van der Waals surface area contributed by atoms with Crippen LogP contribution < -0.4 is 10.5 Å². The maximum atomic E-state index is 13.5. The molecule has 0 fully saturated rings. The van der Waals surface area contributed by atoms with Crippen molar-refractivity contribution in [1.82, 2.24) is 19.5 Å². The first kappa shape index (κ1) is 14.3. The second-order valence-corrected chi connectivity index (χ2v) is 5.70. The third-order valence-electron chi connectivity index (χ3n) is 2.41. The molecule has 0 unspecified atom stereocenters. The van der Waals surface area contributed by atoms with E-state index in [0.717, 1.165) is 6.07 Å². The van der Waals surface area contributed by atoms with E-state index in [1.165, 1.54) is 11.0 Å². The van der Waals surface area contributed by atoms with Crippen LogP contribution in [0.1, 0.15) is 5.82 Å². The molecule has 10 heteroatoms. The van der Waals surface area contributed by atoms with Crippen molar-refractivity contribution in [3.63, 3.8) is 0 Å². The molecule has 1 heterocycles. The van der Waals surface area contributed by atoms with E-state index in [2.05, 4.69) is 14.8 Å². The second-order valence-electron chi connectivity index (χ2n) is 3.96. The van der Waals surface area contributed by atoms with Crippen molar-refractivity contribution >= 4 is 15.7 Å². The Morgan fingerprint density at radius 3 is 2.65 bits per heavy atom. The molecule has 0 saturated heterocycles. The first-order valence-corrected chi connectivity index (χ1v) is 6.86. The highest BCUT2D eigenvalue weighted by Gasteiger charge is 2.21. The van der Waals surface area contributed by atoms with E-state index in [0.29, 0.717) is 6.07 Å². The molecule has 0 aliphatic carbocycles. The summed E-state index contributed by atoms with van der Waals surface area (Å²) >= 11 is 0. The molecular weight excluding hydrogens is 292 g/mol. The summed E-state index contributed by atoms with van der Waals surface area (Å²) in [5.74, 6) is -2.03. The zero-order valence-corrected chi connectivity index (χ0v) is 11.2. The number of sulfonamides is 1. The largest absolute Gasteiger partial charge is 0.396 e. The molecule has 0 spiro atoms. The van der Waals surface area contributed by atoms with Crippen LogP contribution in [-0.2, 0) is 23.6 Å². The van der Waals surface area contributed by atoms with Gasteiger partial charge in [-0.05, 0) is 6.07 Å².